The fourth-order valence-corrected chi connectivity index (χ4v) is 2.81. The number of amides is 1. The van der Waals surface area contributed by atoms with Crippen molar-refractivity contribution in [1.29, 1.82) is 0 Å². The number of aromatic nitrogens is 2. The van der Waals surface area contributed by atoms with Gasteiger partial charge in [0.25, 0.3) is 0 Å². The fourth-order valence-electron chi connectivity index (χ4n) is 2.81. The average molecular weight is 298 g/mol. The molecule has 0 radical (unpaired) electrons. The molecule has 3 rings (SSSR count). The highest BCUT2D eigenvalue weighted by Gasteiger charge is 2.20. The standard InChI is InChI=1S/C17H22N4O/c1-13-10-15(19-20(13)2)11-18-16-7-4-3-6-14(16)12-21-9-5-8-17(21)22/h3-4,6-7,10,18H,5,8-9,11-12H2,1-2H3. The molecule has 1 saturated heterocycles. The molecule has 22 heavy (non-hydrogen) atoms. The van der Waals surface area contributed by atoms with Crippen LogP contribution in [0, 0.1) is 6.92 Å². The molecule has 0 atom stereocenters. The Morgan fingerprint density at radius 1 is 1.32 bits per heavy atom. The molecule has 0 aliphatic carbocycles. The van der Waals surface area contributed by atoms with Gasteiger partial charge in [-0.2, -0.15) is 5.10 Å². The molecule has 1 N–H and O–H groups in total. The first-order valence-corrected chi connectivity index (χ1v) is 7.72. The third-order valence-corrected chi connectivity index (χ3v) is 4.17. The summed E-state index contributed by atoms with van der Waals surface area (Å²) in [7, 11) is 1.95. The molecule has 116 valence electrons. The van der Waals surface area contributed by atoms with E-state index < -0.39 is 0 Å². The smallest absolute Gasteiger partial charge is 0.222 e. The second kappa shape index (κ2) is 6.22. The zero-order chi connectivity index (χ0) is 15.5. The summed E-state index contributed by atoms with van der Waals surface area (Å²) in [6.45, 7) is 4.28. The summed E-state index contributed by atoms with van der Waals surface area (Å²) < 4.78 is 1.88. The molecule has 5 heteroatoms. The van der Waals surface area contributed by atoms with Crippen molar-refractivity contribution in [1.82, 2.24) is 14.7 Å². The van der Waals surface area contributed by atoms with Crippen molar-refractivity contribution >= 4 is 11.6 Å². The van der Waals surface area contributed by atoms with Gasteiger partial charge >= 0.3 is 0 Å². The van der Waals surface area contributed by atoms with Crippen LogP contribution in [0.15, 0.2) is 30.3 Å². The Balaban J connectivity index is 1.69. The lowest BCUT2D eigenvalue weighted by Crippen LogP contribution is -2.24. The van der Waals surface area contributed by atoms with E-state index in [9.17, 15) is 4.79 Å². The Morgan fingerprint density at radius 3 is 2.82 bits per heavy atom. The van der Waals surface area contributed by atoms with Crippen molar-refractivity contribution in [3.05, 3.63) is 47.3 Å². The maximum Gasteiger partial charge on any atom is 0.222 e. The highest BCUT2D eigenvalue weighted by Crippen LogP contribution is 2.21. The predicted octanol–water partition coefficient (Wildman–Crippen LogP) is 2.46. The average Bonchev–Trinajstić information content (AvgIpc) is 3.05. The molecule has 0 saturated carbocycles. The van der Waals surface area contributed by atoms with Gasteiger partial charge < -0.3 is 10.2 Å². The predicted molar refractivity (Wildman–Crippen MR) is 86.4 cm³/mol. The van der Waals surface area contributed by atoms with Crippen LogP contribution >= 0.6 is 0 Å². The summed E-state index contributed by atoms with van der Waals surface area (Å²) in [6, 6.07) is 10.3. The van der Waals surface area contributed by atoms with Gasteiger partial charge in [0.05, 0.1) is 12.2 Å². The topological polar surface area (TPSA) is 50.2 Å². The van der Waals surface area contributed by atoms with Crippen LogP contribution in [0.3, 0.4) is 0 Å². The summed E-state index contributed by atoms with van der Waals surface area (Å²) in [5, 5.41) is 7.91. The molecule has 2 aromatic rings. The maximum absolute atomic E-state index is 11.8. The van der Waals surface area contributed by atoms with E-state index in [4.69, 9.17) is 0 Å². The Morgan fingerprint density at radius 2 is 2.14 bits per heavy atom. The lowest BCUT2D eigenvalue weighted by molar-refractivity contribution is -0.128. The highest BCUT2D eigenvalue weighted by atomic mass is 16.2. The number of nitrogens with one attached hydrogen (secondary N) is 1. The molecule has 0 unspecified atom stereocenters. The minimum atomic E-state index is 0.259. The number of nitrogens with zero attached hydrogens (tertiary/aromatic N) is 3. The van der Waals surface area contributed by atoms with Gasteiger partial charge in [-0.05, 0) is 31.0 Å². The van der Waals surface area contributed by atoms with E-state index in [0.717, 1.165) is 35.6 Å². The number of para-hydroxylation sites is 1. The van der Waals surface area contributed by atoms with Crippen molar-refractivity contribution in [2.75, 3.05) is 11.9 Å². The monoisotopic (exact) mass is 298 g/mol. The van der Waals surface area contributed by atoms with Crippen LogP contribution in [0.4, 0.5) is 5.69 Å². The molecule has 1 aliphatic rings. The molecule has 1 aliphatic heterocycles. The second-order valence-corrected chi connectivity index (χ2v) is 5.83. The van der Waals surface area contributed by atoms with E-state index in [0.29, 0.717) is 19.5 Å². The summed E-state index contributed by atoms with van der Waals surface area (Å²) in [5.41, 5.74) is 4.40. The van der Waals surface area contributed by atoms with E-state index in [-0.39, 0.29) is 5.91 Å². The zero-order valence-electron chi connectivity index (χ0n) is 13.2. The summed E-state index contributed by atoms with van der Waals surface area (Å²) in [4.78, 5) is 13.7. The van der Waals surface area contributed by atoms with Crippen LogP contribution in [-0.2, 0) is 24.9 Å². The van der Waals surface area contributed by atoms with Crippen molar-refractivity contribution in [3.63, 3.8) is 0 Å². The quantitative estimate of drug-likeness (QED) is 0.922. The first-order valence-electron chi connectivity index (χ1n) is 7.72. The molecular weight excluding hydrogens is 276 g/mol. The normalized spacial score (nSPS) is 14.6. The molecule has 1 aromatic carbocycles. The molecule has 0 spiro atoms. The number of aryl methyl sites for hydroxylation is 2. The van der Waals surface area contributed by atoms with Gasteiger partial charge in [-0.15, -0.1) is 0 Å². The first-order chi connectivity index (χ1) is 10.6. The molecule has 0 bridgehead atoms. The summed E-state index contributed by atoms with van der Waals surface area (Å²) >= 11 is 0. The van der Waals surface area contributed by atoms with Crippen LogP contribution in [0.25, 0.3) is 0 Å². The molecule has 1 aromatic heterocycles. The Hall–Kier alpha value is -2.30. The Bertz CT molecular complexity index is 658. The largest absolute Gasteiger partial charge is 0.379 e. The minimum Gasteiger partial charge on any atom is -0.379 e. The molecule has 1 fully saturated rings. The van der Waals surface area contributed by atoms with Crippen molar-refractivity contribution in [3.8, 4) is 0 Å². The van der Waals surface area contributed by atoms with Crippen molar-refractivity contribution < 1.29 is 4.79 Å². The van der Waals surface area contributed by atoms with Crippen LogP contribution < -0.4 is 5.32 Å². The lowest BCUT2D eigenvalue weighted by atomic mass is 10.1. The van der Waals surface area contributed by atoms with Crippen molar-refractivity contribution in [2.45, 2.75) is 32.9 Å². The summed E-state index contributed by atoms with van der Waals surface area (Å²) in [5.74, 6) is 0.259. The van der Waals surface area contributed by atoms with E-state index >= 15 is 0 Å². The third-order valence-electron chi connectivity index (χ3n) is 4.17. The van der Waals surface area contributed by atoms with E-state index in [2.05, 4.69) is 28.6 Å². The SMILES string of the molecule is Cc1cc(CNc2ccccc2CN2CCCC2=O)nn1C. The third kappa shape index (κ3) is 3.13. The lowest BCUT2D eigenvalue weighted by Gasteiger charge is -2.18. The number of hydrogen-bond donors (Lipinski definition) is 1. The van der Waals surface area contributed by atoms with Crippen LogP contribution in [0.5, 0.6) is 0 Å². The molecule has 2 heterocycles. The molecular formula is C17H22N4O. The highest BCUT2D eigenvalue weighted by molar-refractivity contribution is 5.78. The van der Waals surface area contributed by atoms with Crippen molar-refractivity contribution in [2.24, 2.45) is 7.05 Å². The van der Waals surface area contributed by atoms with Gasteiger partial charge in [0, 0.05) is 37.9 Å². The number of rotatable bonds is 5. The van der Waals surface area contributed by atoms with Crippen LogP contribution in [-0.4, -0.2) is 27.1 Å². The Kier molecular flexibility index (Phi) is 4.13. The zero-order valence-corrected chi connectivity index (χ0v) is 13.2. The van der Waals surface area contributed by atoms with Gasteiger partial charge in [-0.3, -0.25) is 9.48 Å². The van der Waals surface area contributed by atoms with E-state index in [1.807, 2.05) is 35.7 Å². The Labute approximate surface area is 130 Å². The van der Waals surface area contributed by atoms with Gasteiger partial charge in [0.1, 0.15) is 0 Å². The number of anilines is 1. The first kappa shape index (κ1) is 14.6. The van der Waals surface area contributed by atoms with Gasteiger partial charge in [0.15, 0.2) is 0 Å². The van der Waals surface area contributed by atoms with Gasteiger partial charge in [0.2, 0.25) is 5.91 Å². The molecule has 1 amide bonds. The molecule has 5 nitrogen and oxygen atoms in total. The van der Waals surface area contributed by atoms with E-state index in [1.54, 1.807) is 0 Å². The fraction of sp³-hybridized carbons (Fsp3) is 0.412. The number of likely N-dealkylation sites (tertiary alicyclic amines) is 1. The van der Waals surface area contributed by atoms with E-state index in [1.165, 1.54) is 0 Å². The number of benzene rings is 1. The minimum absolute atomic E-state index is 0.259. The maximum atomic E-state index is 11.8. The second-order valence-electron chi connectivity index (χ2n) is 5.83. The number of hydrogen-bond acceptors (Lipinski definition) is 3. The van der Waals surface area contributed by atoms with Crippen LogP contribution in [0.2, 0.25) is 0 Å². The van der Waals surface area contributed by atoms with Gasteiger partial charge in [-0.25, -0.2) is 0 Å². The summed E-state index contributed by atoms with van der Waals surface area (Å²) in [6.07, 6.45) is 1.66. The number of carbonyl (C=O) groups excluding carboxylic acids is 1. The number of carbonyl (C=O) groups is 1. The van der Waals surface area contributed by atoms with Crippen LogP contribution in [0.1, 0.15) is 29.8 Å². The van der Waals surface area contributed by atoms with Gasteiger partial charge in [-0.1, -0.05) is 18.2 Å².